The Morgan fingerprint density at radius 3 is 2.88 bits per heavy atom. The van der Waals surface area contributed by atoms with Crippen molar-refractivity contribution in [1.82, 2.24) is 20.3 Å². The van der Waals surface area contributed by atoms with Gasteiger partial charge in [0.2, 0.25) is 0 Å². The Morgan fingerprint density at radius 2 is 2.15 bits per heavy atom. The largest absolute Gasteiger partial charge is 0.488 e. The summed E-state index contributed by atoms with van der Waals surface area (Å²) >= 11 is 5.81. The molecule has 0 aliphatic heterocycles. The number of amides is 1. The fourth-order valence-electron chi connectivity index (χ4n) is 2.44. The van der Waals surface area contributed by atoms with Crippen LogP contribution in [0.3, 0.4) is 0 Å². The molecule has 0 aliphatic carbocycles. The highest BCUT2D eigenvalue weighted by Crippen LogP contribution is 2.20. The summed E-state index contributed by atoms with van der Waals surface area (Å²) in [5.74, 6) is 1.00. The smallest absolute Gasteiger partial charge is 0.273 e. The second-order valence-electron chi connectivity index (χ2n) is 5.80. The molecule has 0 atom stereocenters. The minimum absolute atomic E-state index is 0.206. The third kappa shape index (κ3) is 4.23. The van der Waals surface area contributed by atoms with Crippen LogP contribution in [0.25, 0.3) is 0 Å². The lowest BCUT2D eigenvalue weighted by Crippen LogP contribution is -2.28. The predicted octanol–water partition coefficient (Wildman–Crippen LogP) is 3.15. The Hall–Kier alpha value is -2.80. The molecule has 8 heteroatoms. The summed E-state index contributed by atoms with van der Waals surface area (Å²) in [4.78, 5) is 12.4. The number of halogens is 1. The molecule has 2 heterocycles. The van der Waals surface area contributed by atoms with Crippen molar-refractivity contribution in [2.75, 3.05) is 6.54 Å². The van der Waals surface area contributed by atoms with Gasteiger partial charge in [0.25, 0.3) is 5.91 Å². The van der Waals surface area contributed by atoms with E-state index >= 15 is 0 Å². The number of nitrogens with one attached hydrogen (secondary N) is 1. The van der Waals surface area contributed by atoms with Gasteiger partial charge in [-0.05, 0) is 25.5 Å². The second kappa shape index (κ2) is 8.05. The van der Waals surface area contributed by atoms with E-state index in [0.717, 1.165) is 11.3 Å². The van der Waals surface area contributed by atoms with Gasteiger partial charge in [-0.25, -0.2) is 0 Å². The Bertz CT molecular complexity index is 903. The summed E-state index contributed by atoms with van der Waals surface area (Å²) in [5, 5.41) is 11.3. The maximum Gasteiger partial charge on any atom is 0.273 e. The number of hydrogen-bond acceptors (Lipinski definition) is 5. The molecule has 0 saturated heterocycles. The zero-order chi connectivity index (χ0) is 18.5. The lowest BCUT2D eigenvalue weighted by molar-refractivity contribution is 0.0940. The van der Waals surface area contributed by atoms with Gasteiger partial charge in [0.05, 0.1) is 23.3 Å². The van der Waals surface area contributed by atoms with Gasteiger partial charge in [0, 0.05) is 12.7 Å². The first kappa shape index (κ1) is 18.0. The van der Waals surface area contributed by atoms with Gasteiger partial charge >= 0.3 is 0 Å². The van der Waals surface area contributed by atoms with E-state index in [1.165, 1.54) is 0 Å². The molecule has 7 nitrogen and oxygen atoms in total. The van der Waals surface area contributed by atoms with Crippen molar-refractivity contribution in [3.8, 4) is 5.75 Å². The molecule has 0 bridgehead atoms. The lowest BCUT2D eigenvalue weighted by atomic mass is 10.2. The van der Waals surface area contributed by atoms with Gasteiger partial charge in [0.1, 0.15) is 18.1 Å². The summed E-state index contributed by atoms with van der Waals surface area (Å²) < 4.78 is 12.6. The molecule has 0 spiro atoms. The van der Waals surface area contributed by atoms with Crippen LogP contribution in [0.4, 0.5) is 0 Å². The van der Waals surface area contributed by atoms with Crippen LogP contribution in [-0.4, -0.2) is 27.4 Å². The average molecular weight is 375 g/mol. The monoisotopic (exact) mass is 374 g/mol. The molecule has 3 rings (SSSR count). The van der Waals surface area contributed by atoms with E-state index in [4.69, 9.17) is 20.9 Å². The first-order valence-electron chi connectivity index (χ1n) is 8.14. The number of benzene rings is 1. The van der Waals surface area contributed by atoms with Crippen molar-refractivity contribution in [2.24, 2.45) is 0 Å². The number of aryl methyl sites for hydroxylation is 2. The van der Waals surface area contributed by atoms with Crippen molar-refractivity contribution >= 4 is 17.5 Å². The molecular formula is C18H19ClN4O3. The number of nitrogens with zero attached hydrogens (tertiary/aromatic N) is 3. The lowest BCUT2D eigenvalue weighted by Gasteiger charge is -2.09. The van der Waals surface area contributed by atoms with Crippen molar-refractivity contribution < 1.29 is 14.1 Å². The Labute approximate surface area is 155 Å². The minimum Gasteiger partial charge on any atom is -0.488 e. The van der Waals surface area contributed by atoms with Gasteiger partial charge in [-0.15, -0.1) is 0 Å². The molecule has 0 unspecified atom stereocenters. The van der Waals surface area contributed by atoms with Crippen LogP contribution in [0.1, 0.15) is 27.4 Å². The number of carbonyl (C=O) groups is 1. The first-order valence-corrected chi connectivity index (χ1v) is 8.52. The van der Waals surface area contributed by atoms with Gasteiger partial charge in [-0.1, -0.05) is 35.0 Å². The van der Waals surface area contributed by atoms with E-state index in [-0.39, 0.29) is 18.2 Å². The quantitative estimate of drug-likeness (QED) is 0.687. The Balaban J connectivity index is 1.61. The molecule has 1 aromatic carbocycles. The highest BCUT2D eigenvalue weighted by molar-refractivity contribution is 6.30. The van der Waals surface area contributed by atoms with Crippen LogP contribution in [0, 0.1) is 13.8 Å². The topological polar surface area (TPSA) is 82.2 Å². The molecule has 26 heavy (non-hydrogen) atoms. The van der Waals surface area contributed by atoms with Crippen molar-refractivity contribution in [3.63, 3.8) is 0 Å². The minimum atomic E-state index is -0.316. The highest BCUT2D eigenvalue weighted by atomic mass is 35.5. The number of carbonyl (C=O) groups excluding carboxylic acids is 1. The van der Waals surface area contributed by atoms with Crippen LogP contribution in [0.5, 0.6) is 5.75 Å². The second-order valence-corrected chi connectivity index (χ2v) is 6.23. The summed E-state index contributed by atoms with van der Waals surface area (Å²) in [6, 6.07) is 7.69. The van der Waals surface area contributed by atoms with E-state index in [9.17, 15) is 4.79 Å². The molecule has 0 fully saturated rings. The Morgan fingerprint density at radius 1 is 1.35 bits per heavy atom. The van der Waals surface area contributed by atoms with Crippen molar-refractivity contribution in [2.45, 2.75) is 27.0 Å². The van der Waals surface area contributed by atoms with Crippen LogP contribution in [0.2, 0.25) is 5.02 Å². The van der Waals surface area contributed by atoms with Crippen molar-refractivity contribution in [3.05, 3.63) is 64.3 Å². The third-order valence-electron chi connectivity index (χ3n) is 3.89. The van der Waals surface area contributed by atoms with E-state index in [2.05, 4.69) is 15.6 Å². The van der Waals surface area contributed by atoms with E-state index < -0.39 is 0 Å². The summed E-state index contributed by atoms with van der Waals surface area (Å²) in [6.07, 6.45) is 3.24. The molecule has 0 saturated carbocycles. The van der Waals surface area contributed by atoms with E-state index in [0.29, 0.717) is 29.4 Å². The molecule has 1 amide bonds. The Kier molecular flexibility index (Phi) is 5.58. The third-order valence-corrected chi connectivity index (χ3v) is 4.09. The van der Waals surface area contributed by atoms with Crippen LogP contribution in [0.15, 0.2) is 41.2 Å². The van der Waals surface area contributed by atoms with E-state index in [1.807, 2.05) is 31.2 Å². The van der Waals surface area contributed by atoms with Gasteiger partial charge < -0.3 is 14.6 Å². The number of ether oxygens (including phenoxy) is 1. The summed E-state index contributed by atoms with van der Waals surface area (Å²) in [7, 11) is 0. The van der Waals surface area contributed by atoms with Crippen molar-refractivity contribution in [1.29, 1.82) is 0 Å². The van der Waals surface area contributed by atoms with E-state index in [1.54, 1.807) is 24.0 Å². The maximum absolute atomic E-state index is 12.4. The predicted molar refractivity (Wildman–Crippen MR) is 96.3 cm³/mol. The van der Waals surface area contributed by atoms with Gasteiger partial charge in [0.15, 0.2) is 5.69 Å². The number of hydrogen-bond donors (Lipinski definition) is 1. The molecule has 1 N–H and O–H groups in total. The molecule has 0 aliphatic rings. The SMILES string of the molecule is Cc1ccccc1OCc1c(C(=O)NCCn2cc(Cl)cn2)noc1C. The molecular weight excluding hydrogens is 356 g/mol. The fraction of sp³-hybridized carbons (Fsp3) is 0.278. The fourth-order valence-corrected chi connectivity index (χ4v) is 2.59. The summed E-state index contributed by atoms with van der Waals surface area (Å²) in [6.45, 7) is 4.82. The number of aromatic nitrogens is 3. The van der Waals surface area contributed by atoms with Crippen LogP contribution in [-0.2, 0) is 13.2 Å². The van der Waals surface area contributed by atoms with Crippen LogP contribution < -0.4 is 10.1 Å². The molecule has 3 aromatic rings. The normalized spacial score (nSPS) is 10.7. The molecule has 2 aromatic heterocycles. The van der Waals surface area contributed by atoms with Gasteiger partial charge in [-0.2, -0.15) is 5.10 Å². The first-order chi connectivity index (χ1) is 12.5. The van der Waals surface area contributed by atoms with Crippen LogP contribution >= 0.6 is 11.6 Å². The zero-order valence-electron chi connectivity index (χ0n) is 14.5. The van der Waals surface area contributed by atoms with Gasteiger partial charge in [-0.3, -0.25) is 9.48 Å². The summed E-state index contributed by atoms with van der Waals surface area (Å²) in [5.41, 5.74) is 1.88. The highest BCUT2D eigenvalue weighted by Gasteiger charge is 2.20. The number of rotatable bonds is 7. The standard InChI is InChI=1S/C18H19ClN4O3/c1-12-5-3-4-6-16(12)25-11-15-13(2)26-22-17(15)18(24)20-7-8-23-10-14(19)9-21-23/h3-6,9-10H,7-8,11H2,1-2H3,(H,20,24). The molecule has 0 radical (unpaired) electrons. The average Bonchev–Trinajstić information content (AvgIpc) is 3.20. The number of para-hydroxylation sites is 1. The maximum atomic E-state index is 12.4. The zero-order valence-corrected chi connectivity index (χ0v) is 15.3. The molecule has 136 valence electrons.